The minimum atomic E-state index is -3.10. The standard InChI is InChI=1S/C8H6ClF2NO3/c1-15-8(14)5-4(7(10)11)6(13)3(9)2-12-5/h2,7H,1H3,(H,12,13). The Bertz CT molecular complexity index is 444. The van der Waals surface area contributed by atoms with Crippen LogP contribution in [0.4, 0.5) is 8.78 Å². The largest absolute Gasteiger partial charge is 0.464 e. The molecule has 0 unspecified atom stereocenters. The summed E-state index contributed by atoms with van der Waals surface area (Å²) in [5, 5.41) is -0.405. The predicted molar refractivity (Wildman–Crippen MR) is 48.4 cm³/mol. The maximum absolute atomic E-state index is 12.5. The zero-order valence-corrected chi connectivity index (χ0v) is 8.27. The summed E-state index contributed by atoms with van der Waals surface area (Å²) in [5.41, 5.74) is -2.64. The van der Waals surface area contributed by atoms with Crippen LogP contribution in [0.25, 0.3) is 0 Å². The summed E-state index contributed by atoms with van der Waals surface area (Å²) >= 11 is 5.35. The lowest BCUT2D eigenvalue weighted by atomic mass is 10.2. The van der Waals surface area contributed by atoms with Gasteiger partial charge in [0.05, 0.1) is 12.7 Å². The maximum Gasteiger partial charge on any atom is 0.355 e. The summed E-state index contributed by atoms with van der Waals surface area (Å²) in [6.45, 7) is 0. The molecule has 0 aliphatic heterocycles. The van der Waals surface area contributed by atoms with Gasteiger partial charge in [-0.2, -0.15) is 0 Å². The second kappa shape index (κ2) is 4.39. The van der Waals surface area contributed by atoms with Gasteiger partial charge in [-0.25, -0.2) is 13.6 Å². The number of rotatable bonds is 2. The van der Waals surface area contributed by atoms with Crippen LogP contribution in [0.2, 0.25) is 5.02 Å². The molecule has 0 amide bonds. The van der Waals surface area contributed by atoms with Crippen LogP contribution in [0.1, 0.15) is 22.5 Å². The Kier molecular flexibility index (Phi) is 3.41. The number of aromatic amines is 1. The van der Waals surface area contributed by atoms with Gasteiger partial charge >= 0.3 is 5.97 Å². The Balaban J connectivity index is 3.47. The Labute approximate surface area is 87.8 Å². The van der Waals surface area contributed by atoms with E-state index in [4.69, 9.17) is 11.6 Å². The van der Waals surface area contributed by atoms with Crippen LogP contribution in [-0.2, 0) is 4.74 Å². The number of carbonyl (C=O) groups is 1. The van der Waals surface area contributed by atoms with E-state index in [0.717, 1.165) is 13.3 Å². The van der Waals surface area contributed by atoms with E-state index in [1.807, 2.05) is 0 Å². The first-order valence-corrected chi connectivity index (χ1v) is 4.14. The average Bonchev–Trinajstić information content (AvgIpc) is 2.20. The van der Waals surface area contributed by atoms with Crippen LogP contribution in [-0.4, -0.2) is 18.1 Å². The summed E-state index contributed by atoms with van der Waals surface area (Å²) < 4.78 is 29.2. The van der Waals surface area contributed by atoms with Gasteiger partial charge in [0.15, 0.2) is 0 Å². The lowest BCUT2D eigenvalue weighted by molar-refractivity contribution is 0.0581. The number of hydrogen-bond donors (Lipinski definition) is 1. The molecule has 0 saturated heterocycles. The number of pyridine rings is 1. The lowest BCUT2D eigenvalue weighted by Gasteiger charge is -2.06. The number of hydrogen-bond acceptors (Lipinski definition) is 3. The maximum atomic E-state index is 12.5. The van der Waals surface area contributed by atoms with E-state index in [2.05, 4.69) is 9.72 Å². The predicted octanol–water partition coefficient (Wildman–Crippen LogP) is 1.75. The van der Waals surface area contributed by atoms with E-state index in [-0.39, 0.29) is 0 Å². The van der Waals surface area contributed by atoms with Crippen molar-refractivity contribution in [1.29, 1.82) is 0 Å². The van der Waals surface area contributed by atoms with E-state index >= 15 is 0 Å². The van der Waals surface area contributed by atoms with E-state index in [1.165, 1.54) is 0 Å². The van der Waals surface area contributed by atoms with Crippen LogP contribution in [0.3, 0.4) is 0 Å². The van der Waals surface area contributed by atoms with E-state index in [9.17, 15) is 18.4 Å². The van der Waals surface area contributed by atoms with Gasteiger partial charge in [-0.3, -0.25) is 4.79 Å². The van der Waals surface area contributed by atoms with E-state index in [1.54, 1.807) is 0 Å². The number of esters is 1. The fourth-order valence-corrected chi connectivity index (χ4v) is 1.16. The summed E-state index contributed by atoms with van der Waals surface area (Å²) in [6.07, 6.45) is -2.14. The molecule has 0 fully saturated rings. The van der Waals surface area contributed by atoms with Gasteiger partial charge in [-0.05, 0) is 0 Å². The highest BCUT2D eigenvalue weighted by Crippen LogP contribution is 2.20. The molecule has 7 heteroatoms. The molecule has 0 aromatic carbocycles. The van der Waals surface area contributed by atoms with Crippen LogP contribution >= 0.6 is 11.6 Å². The first kappa shape index (κ1) is 11.6. The summed E-state index contributed by atoms with van der Waals surface area (Å²) in [5.74, 6) is -1.04. The Morgan fingerprint density at radius 3 is 2.67 bits per heavy atom. The fourth-order valence-electron chi connectivity index (χ4n) is 1.00. The number of alkyl halides is 2. The molecule has 0 bridgehead atoms. The lowest BCUT2D eigenvalue weighted by Crippen LogP contribution is -2.19. The molecule has 82 valence electrons. The van der Waals surface area contributed by atoms with Crippen molar-refractivity contribution in [2.24, 2.45) is 0 Å². The van der Waals surface area contributed by atoms with Crippen molar-refractivity contribution < 1.29 is 18.3 Å². The van der Waals surface area contributed by atoms with Gasteiger partial charge in [0.2, 0.25) is 5.43 Å². The van der Waals surface area contributed by atoms with Gasteiger partial charge in [0.25, 0.3) is 6.43 Å². The van der Waals surface area contributed by atoms with Gasteiger partial charge in [-0.15, -0.1) is 0 Å². The Morgan fingerprint density at radius 1 is 1.60 bits per heavy atom. The second-order valence-electron chi connectivity index (χ2n) is 2.55. The number of ether oxygens (including phenoxy) is 1. The third-order valence-electron chi connectivity index (χ3n) is 1.68. The quantitative estimate of drug-likeness (QED) is 0.798. The summed E-state index contributed by atoms with van der Waals surface area (Å²) in [6, 6.07) is 0. The summed E-state index contributed by atoms with van der Waals surface area (Å²) in [4.78, 5) is 24.4. The highest BCUT2D eigenvalue weighted by atomic mass is 35.5. The third kappa shape index (κ3) is 2.15. The van der Waals surface area contributed by atoms with Crippen molar-refractivity contribution in [3.05, 3.63) is 32.7 Å². The molecule has 0 spiro atoms. The molecule has 0 aliphatic rings. The zero-order chi connectivity index (χ0) is 11.6. The van der Waals surface area contributed by atoms with Gasteiger partial charge in [-0.1, -0.05) is 11.6 Å². The molecule has 0 aliphatic carbocycles. The van der Waals surface area contributed by atoms with Crippen LogP contribution in [0.5, 0.6) is 0 Å². The molecule has 1 aromatic rings. The fraction of sp³-hybridized carbons (Fsp3) is 0.250. The molecule has 1 rings (SSSR count). The molecule has 15 heavy (non-hydrogen) atoms. The van der Waals surface area contributed by atoms with Crippen molar-refractivity contribution in [3.8, 4) is 0 Å². The molecule has 1 N–H and O–H groups in total. The first-order valence-electron chi connectivity index (χ1n) is 3.76. The van der Waals surface area contributed by atoms with Crippen LogP contribution in [0.15, 0.2) is 11.0 Å². The minimum absolute atomic E-state index is 0.405. The molecule has 0 atom stereocenters. The van der Waals surface area contributed by atoms with Crippen molar-refractivity contribution >= 4 is 17.6 Å². The Morgan fingerprint density at radius 2 is 2.20 bits per heavy atom. The molecule has 0 saturated carbocycles. The molecule has 4 nitrogen and oxygen atoms in total. The summed E-state index contributed by atoms with van der Waals surface area (Å²) in [7, 11) is 1.02. The van der Waals surface area contributed by atoms with Crippen molar-refractivity contribution in [1.82, 2.24) is 4.98 Å². The van der Waals surface area contributed by atoms with Crippen molar-refractivity contribution in [3.63, 3.8) is 0 Å². The minimum Gasteiger partial charge on any atom is -0.464 e. The monoisotopic (exact) mass is 237 g/mol. The van der Waals surface area contributed by atoms with Gasteiger partial charge in [0.1, 0.15) is 10.7 Å². The number of aromatic nitrogens is 1. The molecule has 1 heterocycles. The number of carbonyl (C=O) groups excluding carboxylic acids is 1. The molecular formula is C8H6ClF2NO3. The number of methoxy groups -OCH3 is 1. The number of nitrogens with one attached hydrogen (secondary N) is 1. The second-order valence-corrected chi connectivity index (χ2v) is 2.95. The Hall–Kier alpha value is -1.43. The smallest absolute Gasteiger partial charge is 0.355 e. The normalized spacial score (nSPS) is 10.5. The molecule has 1 aromatic heterocycles. The van der Waals surface area contributed by atoms with Crippen molar-refractivity contribution in [2.75, 3.05) is 7.11 Å². The van der Waals surface area contributed by atoms with Gasteiger partial charge in [0, 0.05) is 6.20 Å². The third-order valence-corrected chi connectivity index (χ3v) is 1.96. The molecule has 0 radical (unpaired) electrons. The highest BCUT2D eigenvalue weighted by Gasteiger charge is 2.24. The SMILES string of the molecule is COC(=O)c1[nH]cc(Cl)c(=O)c1C(F)F. The topological polar surface area (TPSA) is 59.2 Å². The van der Waals surface area contributed by atoms with E-state index < -0.39 is 34.1 Å². The van der Waals surface area contributed by atoms with E-state index in [0.29, 0.717) is 0 Å². The van der Waals surface area contributed by atoms with Crippen molar-refractivity contribution in [2.45, 2.75) is 6.43 Å². The van der Waals surface area contributed by atoms with Crippen LogP contribution in [0, 0.1) is 0 Å². The zero-order valence-electron chi connectivity index (χ0n) is 7.51. The number of halogens is 3. The van der Waals surface area contributed by atoms with Crippen LogP contribution < -0.4 is 5.43 Å². The first-order chi connectivity index (χ1) is 6.99. The number of H-pyrrole nitrogens is 1. The van der Waals surface area contributed by atoms with Gasteiger partial charge < -0.3 is 9.72 Å². The average molecular weight is 238 g/mol. The molecular weight excluding hydrogens is 232 g/mol. The highest BCUT2D eigenvalue weighted by molar-refractivity contribution is 6.30.